The second-order valence-corrected chi connectivity index (χ2v) is 8.80. The van der Waals surface area contributed by atoms with Crippen molar-refractivity contribution in [3.05, 3.63) is 65.5 Å². The van der Waals surface area contributed by atoms with Crippen molar-refractivity contribution < 1.29 is 14.3 Å². The van der Waals surface area contributed by atoms with E-state index in [1.165, 1.54) is 5.56 Å². The smallest absolute Gasteiger partial charge is 0.230 e. The molecule has 2 aromatic rings. The SMILES string of the molecule is Cc1cccc(CN2C[C@]34C=C[C@H](O3)[C@H](C(=O)N(C)Cc3cnn(C)c3)[C@@H]4C2=O)c1. The predicted octanol–water partition coefficient (Wildman–Crippen LogP) is 1.67. The Morgan fingerprint density at radius 1 is 1.37 bits per heavy atom. The van der Waals surface area contributed by atoms with Crippen molar-refractivity contribution in [2.75, 3.05) is 13.6 Å². The number of amides is 2. The van der Waals surface area contributed by atoms with Crippen molar-refractivity contribution >= 4 is 11.8 Å². The lowest BCUT2D eigenvalue weighted by Gasteiger charge is -2.27. The maximum Gasteiger partial charge on any atom is 0.230 e. The van der Waals surface area contributed by atoms with Crippen molar-refractivity contribution in [2.45, 2.75) is 31.7 Å². The minimum absolute atomic E-state index is 0.0106. The van der Waals surface area contributed by atoms with E-state index in [0.29, 0.717) is 19.6 Å². The Morgan fingerprint density at radius 3 is 2.93 bits per heavy atom. The second kappa shape index (κ2) is 6.80. The zero-order valence-corrected chi connectivity index (χ0v) is 17.5. The average molecular weight is 406 g/mol. The van der Waals surface area contributed by atoms with Crippen LogP contribution in [0.1, 0.15) is 16.7 Å². The number of likely N-dealkylation sites (tertiary alicyclic amines) is 1. The van der Waals surface area contributed by atoms with Crippen molar-refractivity contribution in [3.63, 3.8) is 0 Å². The van der Waals surface area contributed by atoms with E-state index in [-0.39, 0.29) is 17.9 Å². The van der Waals surface area contributed by atoms with Gasteiger partial charge in [-0.3, -0.25) is 14.3 Å². The molecule has 2 fully saturated rings. The van der Waals surface area contributed by atoms with Crippen molar-refractivity contribution in [1.82, 2.24) is 19.6 Å². The van der Waals surface area contributed by atoms with Gasteiger partial charge in [0.15, 0.2) is 0 Å². The Kier molecular flexibility index (Phi) is 4.32. The fourth-order valence-corrected chi connectivity index (χ4v) is 5.18. The highest BCUT2D eigenvalue weighted by atomic mass is 16.5. The summed E-state index contributed by atoms with van der Waals surface area (Å²) in [5.74, 6) is -0.977. The number of ether oxygens (including phenoxy) is 1. The van der Waals surface area contributed by atoms with Gasteiger partial charge in [0, 0.05) is 38.9 Å². The summed E-state index contributed by atoms with van der Waals surface area (Å²) in [4.78, 5) is 30.3. The van der Waals surface area contributed by atoms with Gasteiger partial charge in [0.25, 0.3) is 0 Å². The van der Waals surface area contributed by atoms with Gasteiger partial charge in [-0.1, -0.05) is 42.0 Å². The maximum atomic E-state index is 13.4. The first-order valence-electron chi connectivity index (χ1n) is 10.3. The number of rotatable bonds is 5. The summed E-state index contributed by atoms with van der Waals surface area (Å²) < 4.78 is 7.96. The lowest BCUT2D eigenvalue weighted by Crippen LogP contribution is -2.44. The van der Waals surface area contributed by atoms with Crippen LogP contribution in [0.2, 0.25) is 0 Å². The Hall–Kier alpha value is -2.93. The van der Waals surface area contributed by atoms with E-state index in [9.17, 15) is 9.59 Å². The lowest BCUT2D eigenvalue weighted by molar-refractivity contribution is -0.142. The van der Waals surface area contributed by atoms with E-state index >= 15 is 0 Å². The van der Waals surface area contributed by atoms with Crippen LogP contribution < -0.4 is 0 Å². The van der Waals surface area contributed by atoms with Crippen molar-refractivity contribution in [3.8, 4) is 0 Å². The maximum absolute atomic E-state index is 13.4. The Labute approximate surface area is 175 Å². The Bertz CT molecular complexity index is 1040. The molecule has 7 nitrogen and oxygen atoms in total. The van der Waals surface area contributed by atoms with Gasteiger partial charge in [0.1, 0.15) is 5.60 Å². The van der Waals surface area contributed by atoms with Crippen LogP contribution in [0.25, 0.3) is 0 Å². The summed E-state index contributed by atoms with van der Waals surface area (Å²) in [7, 11) is 3.63. The van der Waals surface area contributed by atoms with Gasteiger partial charge in [-0.15, -0.1) is 0 Å². The van der Waals surface area contributed by atoms with Crippen LogP contribution in [0, 0.1) is 18.8 Å². The molecule has 0 radical (unpaired) electrons. The summed E-state index contributed by atoms with van der Waals surface area (Å²) in [6.45, 7) is 3.53. The molecule has 4 heterocycles. The van der Waals surface area contributed by atoms with E-state index in [1.807, 2.05) is 55.4 Å². The van der Waals surface area contributed by atoms with E-state index < -0.39 is 17.4 Å². The number of hydrogen-bond donors (Lipinski definition) is 0. The Morgan fingerprint density at radius 2 is 2.20 bits per heavy atom. The number of aromatic nitrogens is 2. The molecule has 30 heavy (non-hydrogen) atoms. The molecule has 4 atom stereocenters. The molecule has 0 N–H and O–H groups in total. The van der Waals surface area contributed by atoms with Crippen LogP contribution >= 0.6 is 0 Å². The van der Waals surface area contributed by atoms with Gasteiger partial charge in [0.2, 0.25) is 11.8 Å². The molecule has 0 unspecified atom stereocenters. The highest BCUT2D eigenvalue weighted by Gasteiger charge is 2.67. The number of nitrogens with zero attached hydrogens (tertiary/aromatic N) is 4. The molecule has 2 saturated heterocycles. The summed E-state index contributed by atoms with van der Waals surface area (Å²) in [6.07, 6.45) is 7.28. The van der Waals surface area contributed by atoms with Crippen LogP contribution in [0.15, 0.2) is 48.8 Å². The molecule has 1 aromatic heterocycles. The second-order valence-electron chi connectivity index (χ2n) is 8.80. The fraction of sp³-hybridized carbons (Fsp3) is 0.435. The van der Waals surface area contributed by atoms with Crippen LogP contribution in [0.3, 0.4) is 0 Å². The highest BCUT2D eigenvalue weighted by molar-refractivity contribution is 5.93. The Balaban J connectivity index is 1.36. The molecule has 2 amide bonds. The third kappa shape index (κ3) is 2.96. The molecule has 3 aliphatic heterocycles. The van der Waals surface area contributed by atoms with E-state index in [4.69, 9.17) is 4.74 Å². The number of carbonyl (C=O) groups excluding carboxylic acids is 2. The molecule has 7 heteroatoms. The molecular formula is C23H26N4O3. The minimum atomic E-state index is -0.680. The number of benzene rings is 1. The first-order valence-corrected chi connectivity index (χ1v) is 10.3. The van der Waals surface area contributed by atoms with Crippen LogP contribution in [-0.4, -0.2) is 56.7 Å². The molecular weight excluding hydrogens is 380 g/mol. The molecule has 3 aliphatic rings. The normalized spacial score (nSPS) is 29.0. The lowest BCUT2D eigenvalue weighted by atomic mass is 9.76. The zero-order valence-electron chi connectivity index (χ0n) is 17.5. The van der Waals surface area contributed by atoms with Gasteiger partial charge >= 0.3 is 0 Å². The number of fused-ring (bicyclic) bond motifs is 1. The van der Waals surface area contributed by atoms with E-state index in [0.717, 1.165) is 11.1 Å². The summed E-state index contributed by atoms with van der Waals surface area (Å²) in [5, 5.41) is 4.17. The van der Waals surface area contributed by atoms with Crippen LogP contribution in [0.4, 0.5) is 0 Å². The molecule has 2 bridgehead atoms. The van der Waals surface area contributed by atoms with Crippen LogP contribution in [0.5, 0.6) is 0 Å². The minimum Gasteiger partial charge on any atom is -0.360 e. The highest BCUT2D eigenvalue weighted by Crippen LogP contribution is 2.52. The molecule has 0 saturated carbocycles. The van der Waals surface area contributed by atoms with E-state index in [2.05, 4.69) is 11.2 Å². The zero-order chi connectivity index (χ0) is 21.0. The molecule has 1 aromatic carbocycles. The third-order valence-corrected chi connectivity index (χ3v) is 6.47. The van der Waals surface area contributed by atoms with Gasteiger partial charge in [-0.25, -0.2) is 0 Å². The molecule has 156 valence electrons. The predicted molar refractivity (Wildman–Crippen MR) is 110 cm³/mol. The fourth-order valence-electron chi connectivity index (χ4n) is 5.18. The summed E-state index contributed by atoms with van der Waals surface area (Å²) in [5.41, 5.74) is 2.54. The summed E-state index contributed by atoms with van der Waals surface area (Å²) >= 11 is 0. The quantitative estimate of drug-likeness (QED) is 0.709. The molecule has 0 aliphatic carbocycles. The number of hydrogen-bond acceptors (Lipinski definition) is 4. The topological polar surface area (TPSA) is 67.7 Å². The number of carbonyl (C=O) groups is 2. The van der Waals surface area contributed by atoms with Gasteiger partial charge in [0.05, 0.1) is 30.7 Å². The van der Waals surface area contributed by atoms with Crippen LogP contribution in [-0.2, 0) is 34.5 Å². The van der Waals surface area contributed by atoms with Gasteiger partial charge < -0.3 is 14.5 Å². The van der Waals surface area contributed by atoms with Gasteiger partial charge in [-0.2, -0.15) is 5.10 Å². The van der Waals surface area contributed by atoms with Crippen molar-refractivity contribution in [2.24, 2.45) is 18.9 Å². The first kappa shape index (κ1) is 19.1. The number of aryl methyl sites for hydroxylation is 2. The average Bonchev–Trinajstić information content (AvgIpc) is 3.44. The van der Waals surface area contributed by atoms with E-state index in [1.54, 1.807) is 22.8 Å². The van der Waals surface area contributed by atoms with Crippen molar-refractivity contribution in [1.29, 1.82) is 0 Å². The summed E-state index contributed by atoms with van der Waals surface area (Å²) in [6, 6.07) is 8.18. The monoisotopic (exact) mass is 406 g/mol. The molecule has 5 rings (SSSR count). The largest absolute Gasteiger partial charge is 0.360 e. The third-order valence-electron chi connectivity index (χ3n) is 6.47. The first-order chi connectivity index (χ1) is 14.4. The standard InChI is InChI=1S/C23H26N4O3/c1-15-5-4-6-16(9-15)13-27-14-23-8-7-18(30-23)19(20(23)22(27)29)21(28)25(2)11-17-10-24-26(3)12-17/h4-10,12,18-20H,11,13-14H2,1-3H3/t18-,19-,20+,23-/m0/s1. The van der Waals surface area contributed by atoms with Gasteiger partial charge in [-0.05, 0) is 12.5 Å². The molecule has 1 spiro atoms.